The zero-order chi connectivity index (χ0) is 13.9. The quantitative estimate of drug-likeness (QED) is 0.789. The largest absolute Gasteiger partial charge is 0.768 e. The molecule has 20 heavy (non-hydrogen) atoms. The van der Waals surface area contributed by atoms with Crippen LogP contribution < -0.4 is 0 Å². The van der Waals surface area contributed by atoms with E-state index < -0.39 is 11.1 Å². The zero-order valence-electron chi connectivity index (χ0n) is 11.5. The molecule has 2 unspecified atom stereocenters. The number of fused-ring (bicyclic) bond motifs is 2. The maximum Gasteiger partial charge on any atom is 0.0362 e. The molecule has 0 aliphatic heterocycles. The normalized spacial score (nSPS) is 23.0. The Morgan fingerprint density at radius 1 is 1.20 bits per heavy atom. The van der Waals surface area contributed by atoms with Crippen molar-refractivity contribution in [2.45, 2.75) is 43.4 Å². The summed E-state index contributed by atoms with van der Waals surface area (Å²) in [7, 11) is 0. The third-order valence-corrected chi connectivity index (χ3v) is 5.45. The average Bonchev–Trinajstić information content (AvgIpc) is 3.17. The van der Waals surface area contributed by atoms with Crippen molar-refractivity contribution in [1.29, 1.82) is 0 Å². The second-order valence-electron chi connectivity index (χ2n) is 6.35. The van der Waals surface area contributed by atoms with Gasteiger partial charge in [-0.15, -0.1) is 0 Å². The van der Waals surface area contributed by atoms with Crippen LogP contribution in [0.25, 0.3) is 10.8 Å². The summed E-state index contributed by atoms with van der Waals surface area (Å²) < 4.78 is 23.6. The van der Waals surface area contributed by atoms with Crippen LogP contribution in [0.2, 0.25) is 0 Å². The SMILES string of the molecule is CC1Cc2cc3ccc(C4CC4)cc3c(S(=O)[O-])c2C1. The summed E-state index contributed by atoms with van der Waals surface area (Å²) in [5, 5.41) is 2.00. The van der Waals surface area contributed by atoms with Gasteiger partial charge in [0.15, 0.2) is 0 Å². The van der Waals surface area contributed by atoms with E-state index in [-0.39, 0.29) is 0 Å². The molecule has 2 aliphatic rings. The lowest BCUT2D eigenvalue weighted by Crippen LogP contribution is -1.99. The van der Waals surface area contributed by atoms with Gasteiger partial charge < -0.3 is 4.55 Å². The van der Waals surface area contributed by atoms with Gasteiger partial charge in [-0.1, -0.05) is 25.1 Å². The highest BCUT2D eigenvalue weighted by molar-refractivity contribution is 7.79. The van der Waals surface area contributed by atoms with Crippen molar-refractivity contribution in [2.24, 2.45) is 5.92 Å². The van der Waals surface area contributed by atoms with E-state index in [4.69, 9.17) is 0 Å². The molecule has 4 rings (SSSR count). The summed E-state index contributed by atoms with van der Waals surface area (Å²) in [5.74, 6) is 1.20. The Hall–Kier alpha value is -1.19. The van der Waals surface area contributed by atoms with Crippen molar-refractivity contribution in [3.05, 3.63) is 41.0 Å². The maximum absolute atomic E-state index is 11.8. The molecule has 0 amide bonds. The van der Waals surface area contributed by atoms with Gasteiger partial charge in [0.1, 0.15) is 0 Å². The summed E-state index contributed by atoms with van der Waals surface area (Å²) in [6, 6.07) is 8.58. The molecule has 104 valence electrons. The number of hydrogen-bond acceptors (Lipinski definition) is 2. The van der Waals surface area contributed by atoms with Crippen molar-refractivity contribution in [2.75, 3.05) is 0 Å². The average molecular weight is 285 g/mol. The van der Waals surface area contributed by atoms with Crippen LogP contribution in [0.5, 0.6) is 0 Å². The van der Waals surface area contributed by atoms with E-state index in [0.717, 1.165) is 29.2 Å². The van der Waals surface area contributed by atoms with Crippen LogP contribution >= 0.6 is 0 Å². The molecular weight excluding hydrogens is 268 g/mol. The zero-order valence-corrected chi connectivity index (χ0v) is 12.3. The molecule has 0 aromatic heterocycles. The van der Waals surface area contributed by atoms with E-state index in [1.807, 2.05) is 0 Å². The molecule has 2 aromatic rings. The first-order valence-electron chi connectivity index (χ1n) is 7.31. The van der Waals surface area contributed by atoms with E-state index in [1.54, 1.807) is 0 Å². The first-order valence-corrected chi connectivity index (χ1v) is 8.38. The van der Waals surface area contributed by atoms with Gasteiger partial charge in [0.25, 0.3) is 0 Å². The molecule has 2 aromatic carbocycles. The standard InChI is InChI=1S/C17H18O2S/c1-10-6-14-8-13-5-4-12(11-2-3-11)9-16(13)17(20(18)19)15(14)7-10/h4-5,8-11H,2-3,6-7H2,1H3,(H,18,19)/p-1. The minimum Gasteiger partial charge on any atom is -0.768 e. The monoisotopic (exact) mass is 285 g/mol. The van der Waals surface area contributed by atoms with Crippen LogP contribution in [0.4, 0.5) is 0 Å². The Balaban J connectivity index is 2.01. The molecule has 0 spiro atoms. The van der Waals surface area contributed by atoms with Gasteiger partial charge in [0, 0.05) is 4.90 Å². The highest BCUT2D eigenvalue weighted by Crippen LogP contribution is 2.43. The van der Waals surface area contributed by atoms with Crippen LogP contribution in [-0.4, -0.2) is 8.76 Å². The van der Waals surface area contributed by atoms with E-state index in [0.29, 0.717) is 16.7 Å². The van der Waals surface area contributed by atoms with Crippen LogP contribution in [0.15, 0.2) is 29.2 Å². The van der Waals surface area contributed by atoms with Crippen molar-refractivity contribution in [1.82, 2.24) is 0 Å². The smallest absolute Gasteiger partial charge is 0.0362 e. The molecule has 1 fully saturated rings. The predicted molar refractivity (Wildman–Crippen MR) is 79.7 cm³/mol. The molecular formula is C17H17O2S-. The van der Waals surface area contributed by atoms with Crippen molar-refractivity contribution in [3.8, 4) is 0 Å². The van der Waals surface area contributed by atoms with Crippen molar-refractivity contribution < 1.29 is 8.76 Å². The fourth-order valence-electron chi connectivity index (χ4n) is 3.54. The molecule has 0 bridgehead atoms. The van der Waals surface area contributed by atoms with E-state index in [9.17, 15) is 8.76 Å². The van der Waals surface area contributed by atoms with Crippen molar-refractivity contribution in [3.63, 3.8) is 0 Å². The van der Waals surface area contributed by atoms with Gasteiger partial charge >= 0.3 is 0 Å². The first kappa shape index (κ1) is 12.5. The topological polar surface area (TPSA) is 40.1 Å². The summed E-state index contributed by atoms with van der Waals surface area (Å²) in [6.07, 6.45) is 4.37. The number of rotatable bonds is 2. The van der Waals surface area contributed by atoms with Crippen molar-refractivity contribution >= 4 is 21.9 Å². The van der Waals surface area contributed by atoms with Crippen LogP contribution in [0.3, 0.4) is 0 Å². The third kappa shape index (κ3) is 1.92. The summed E-state index contributed by atoms with van der Waals surface area (Å²) in [4.78, 5) is 0.560. The van der Waals surface area contributed by atoms with E-state index >= 15 is 0 Å². The molecule has 2 aliphatic carbocycles. The Labute approximate surface area is 121 Å². The molecule has 2 atom stereocenters. The van der Waals surface area contributed by atoms with E-state index in [2.05, 4.69) is 31.2 Å². The molecule has 1 saturated carbocycles. The Morgan fingerprint density at radius 3 is 2.70 bits per heavy atom. The lowest BCUT2D eigenvalue weighted by Gasteiger charge is -2.16. The fraction of sp³-hybridized carbons (Fsp3) is 0.412. The number of benzene rings is 2. The summed E-state index contributed by atoms with van der Waals surface area (Å²) in [6.45, 7) is 2.19. The summed E-state index contributed by atoms with van der Waals surface area (Å²) in [5.41, 5.74) is 3.59. The minimum absolute atomic E-state index is 0.548. The first-order chi connectivity index (χ1) is 9.63. The van der Waals surface area contributed by atoms with Gasteiger partial charge in [0.05, 0.1) is 0 Å². The van der Waals surface area contributed by atoms with Gasteiger partial charge in [-0.3, -0.25) is 4.21 Å². The maximum atomic E-state index is 11.8. The number of hydrogen-bond donors (Lipinski definition) is 0. The Kier molecular flexibility index (Phi) is 2.76. The second-order valence-corrected chi connectivity index (χ2v) is 7.22. The molecule has 0 saturated heterocycles. The summed E-state index contributed by atoms with van der Waals surface area (Å²) >= 11 is -2.15. The van der Waals surface area contributed by atoms with E-state index in [1.165, 1.54) is 24.0 Å². The third-order valence-electron chi connectivity index (χ3n) is 4.65. The van der Waals surface area contributed by atoms with Gasteiger partial charge in [0.2, 0.25) is 0 Å². The van der Waals surface area contributed by atoms with Crippen LogP contribution in [-0.2, 0) is 23.9 Å². The van der Waals surface area contributed by atoms with Crippen LogP contribution in [0.1, 0.15) is 42.4 Å². The molecule has 0 heterocycles. The lowest BCUT2D eigenvalue weighted by molar-refractivity contribution is 0.536. The fourth-order valence-corrected chi connectivity index (χ4v) is 4.31. The highest BCUT2D eigenvalue weighted by Gasteiger charge is 2.26. The molecule has 3 heteroatoms. The van der Waals surface area contributed by atoms with Gasteiger partial charge in [-0.25, -0.2) is 0 Å². The Morgan fingerprint density at radius 2 is 2.00 bits per heavy atom. The molecule has 0 N–H and O–H groups in total. The van der Waals surface area contributed by atoms with Gasteiger partial charge in [-0.2, -0.15) is 0 Å². The predicted octanol–water partition coefficient (Wildman–Crippen LogP) is 3.69. The Bertz CT molecular complexity index is 731. The lowest BCUT2D eigenvalue weighted by atomic mass is 9.99. The second kappa shape index (κ2) is 4.40. The minimum atomic E-state index is -2.15. The molecule has 2 nitrogen and oxygen atoms in total. The highest BCUT2D eigenvalue weighted by atomic mass is 32.2. The van der Waals surface area contributed by atoms with Crippen LogP contribution in [0, 0.1) is 5.92 Å². The molecule has 0 radical (unpaired) electrons. The van der Waals surface area contributed by atoms with Gasteiger partial charge in [-0.05, 0) is 82.1 Å².